The average molecular weight is 469 g/mol. The quantitative estimate of drug-likeness (QED) is 0.113. The Morgan fingerprint density at radius 1 is 1.18 bits per heavy atom. The van der Waals surface area contributed by atoms with Crippen molar-refractivity contribution in [2.45, 2.75) is 45.6 Å². The Balaban J connectivity index is 2.32. The SMILES string of the molecule is CCCC(=O)Nc1ccc(OCC(O)CNCCNC(=O)CCCO[N+](=O)[O-])c(C(C)=O)c1. The van der Waals surface area contributed by atoms with Crippen LogP contribution in [0.4, 0.5) is 5.69 Å². The zero-order valence-corrected chi connectivity index (χ0v) is 18.9. The van der Waals surface area contributed by atoms with Crippen molar-refractivity contribution in [3.05, 3.63) is 33.9 Å². The highest BCUT2D eigenvalue weighted by Gasteiger charge is 2.13. The molecule has 12 nitrogen and oxygen atoms in total. The lowest BCUT2D eigenvalue weighted by Gasteiger charge is -2.16. The van der Waals surface area contributed by atoms with Crippen LogP contribution in [-0.2, 0) is 14.4 Å². The largest absolute Gasteiger partial charge is 0.490 e. The van der Waals surface area contributed by atoms with E-state index in [1.54, 1.807) is 18.2 Å². The minimum Gasteiger partial charge on any atom is -0.490 e. The Labute approximate surface area is 192 Å². The smallest absolute Gasteiger partial charge is 0.294 e. The van der Waals surface area contributed by atoms with Crippen molar-refractivity contribution in [1.29, 1.82) is 0 Å². The maximum atomic E-state index is 11.9. The molecule has 1 aromatic rings. The summed E-state index contributed by atoms with van der Waals surface area (Å²) in [6, 6.07) is 4.75. The number of aliphatic hydroxyl groups excluding tert-OH is 1. The van der Waals surface area contributed by atoms with Gasteiger partial charge in [-0.1, -0.05) is 6.92 Å². The van der Waals surface area contributed by atoms with E-state index >= 15 is 0 Å². The zero-order chi connectivity index (χ0) is 24.6. The van der Waals surface area contributed by atoms with Crippen molar-refractivity contribution in [2.75, 3.05) is 38.2 Å². The molecule has 1 unspecified atom stereocenters. The lowest BCUT2D eigenvalue weighted by Crippen LogP contribution is -2.37. The number of aliphatic hydroxyl groups is 1. The minimum absolute atomic E-state index is 0.0579. The van der Waals surface area contributed by atoms with Crippen molar-refractivity contribution < 1.29 is 34.2 Å². The molecule has 0 aliphatic carbocycles. The molecule has 12 heteroatoms. The molecule has 0 aliphatic heterocycles. The van der Waals surface area contributed by atoms with Gasteiger partial charge in [0.15, 0.2) is 5.78 Å². The van der Waals surface area contributed by atoms with Crippen molar-refractivity contribution in [3.8, 4) is 5.75 Å². The number of nitrogens with zero attached hydrogens (tertiary/aromatic N) is 1. The molecule has 184 valence electrons. The molecule has 1 rings (SSSR count). The number of ether oxygens (including phenoxy) is 1. The number of hydrogen-bond acceptors (Lipinski definition) is 9. The Hall–Kier alpha value is -3.25. The van der Waals surface area contributed by atoms with E-state index in [9.17, 15) is 29.6 Å². The van der Waals surface area contributed by atoms with E-state index < -0.39 is 11.2 Å². The zero-order valence-electron chi connectivity index (χ0n) is 18.9. The Morgan fingerprint density at radius 2 is 1.94 bits per heavy atom. The number of anilines is 1. The maximum Gasteiger partial charge on any atom is 0.294 e. The number of Topliss-reactive ketones (excluding diaryl/α,β-unsaturated/α-hetero) is 1. The van der Waals surface area contributed by atoms with Gasteiger partial charge in [-0.15, -0.1) is 10.1 Å². The Bertz CT molecular complexity index is 802. The van der Waals surface area contributed by atoms with Crippen LogP contribution < -0.4 is 20.7 Å². The summed E-state index contributed by atoms with van der Waals surface area (Å²) >= 11 is 0. The van der Waals surface area contributed by atoms with Crippen LogP contribution in [-0.4, -0.2) is 66.7 Å². The van der Waals surface area contributed by atoms with Gasteiger partial charge < -0.3 is 30.6 Å². The van der Waals surface area contributed by atoms with Crippen molar-refractivity contribution in [2.24, 2.45) is 0 Å². The molecule has 0 saturated carbocycles. The third kappa shape index (κ3) is 12.4. The van der Waals surface area contributed by atoms with Crippen LogP contribution in [0.25, 0.3) is 0 Å². The molecule has 0 heterocycles. The molecule has 4 N–H and O–H groups in total. The van der Waals surface area contributed by atoms with E-state index in [-0.39, 0.29) is 50.2 Å². The summed E-state index contributed by atoms with van der Waals surface area (Å²) in [7, 11) is 0. The number of ketones is 1. The van der Waals surface area contributed by atoms with Crippen LogP contribution in [0.1, 0.15) is 49.9 Å². The van der Waals surface area contributed by atoms with Crippen molar-refractivity contribution in [3.63, 3.8) is 0 Å². The van der Waals surface area contributed by atoms with Crippen LogP contribution in [0.5, 0.6) is 5.75 Å². The van der Waals surface area contributed by atoms with E-state index in [0.717, 1.165) is 0 Å². The summed E-state index contributed by atoms with van der Waals surface area (Å²) in [5.74, 6) is -0.311. The predicted octanol–water partition coefficient (Wildman–Crippen LogP) is 1.06. The third-order valence-electron chi connectivity index (χ3n) is 4.30. The molecule has 1 atom stereocenters. The van der Waals surface area contributed by atoms with Gasteiger partial charge in [-0.05, 0) is 38.0 Å². The van der Waals surface area contributed by atoms with Crippen LogP contribution in [0, 0.1) is 10.1 Å². The van der Waals surface area contributed by atoms with Crippen molar-refractivity contribution in [1.82, 2.24) is 10.6 Å². The molecule has 0 aliphatic rings. The molecule has 0 saturated heterocycles. The first-order valence-electron chi connectivity index (χ1n) is 10.7. The number of carbonyl (C=O) groups is 3. The number of nitrogens with one attached hydrogen (secondary N) is 3. The fourth-order valence-corrected chi connectivity index (χ4v) is 2.72. The molecule has 0 fully saturated rings. The number of carbonyl (C=O) groups excluding carboxylic acids is 3. The molecule has 2 amide bonds. The average Bonchev–Trinajstić information content (AvgIpc) is 2.75. The van der Waals surface area contributed by atoms with Gasteiger partial charge in [0.25, 0.3) is 5.09 Å². The normalized spacial score (nSPS) is 11.4. The second-order valence-electron chi connectivity index (χ2n) is 7.24. The second kappa shape index (κ2) is 15.5. The van der Waals surface area contributed by atoms with E-state index in [0.29, 0.717) is 42.9 Å². The monoisotopic (exact) mass is 468 g/mol. The van der Waals surface area contributed by atoms with Gasteiger partial charge in [-0.2, -0.15) is 0 Å². The molecule has 0 aromatic heterocycles. The second-order valence-corrected chi connectivity index (χ2v) is 7.24. The van der Waals surface area contributed by atoms with Crippen molar-refractivity contribution >= 4 is 23.3 Å². The van der Waals surface area contributed by atoms with Crippen LogP contribution in [0.2, 0.25) is 0 Å². The lowest BCUT2D eigenvalue weighted by atomic mass is 10.1. The fraction of sp³-hybridized carbons (Fsp3) is 0.571. The molecule has 0 radical (unpaired) electrons. The summed E-state index contributed by atoms with van der Waals surface area (Å²) in [5.41, 5.74) is 0.802. The van der Waals surface area contributed by atoms with Gasteiger partial charge in [0.1, 0.15) is 18.5 Å². The summed E-state index contributed by atoms with van der Waals surface area (Å²) in [6.07, 6.45) is 0.597. The summed E-state index contributed by atoms with van der Waals surface area (Å²) < 4.78 is 5.58. The van der Waals surface area contributed by atoms with E-state index in [1.807, 2.05) is 6.92 Å². The third-order valence-corrected chi connectivity index (χ3v) is 4.30. The molecule has 0 bridgehead atoms. The Morgan fingerprint density at radius 3 is 2.61 bits per heavy atom. The first-order valence-corrected chi connectivity index (χ1v) is 10.7. The summed E-state index contributed by atoms with van der Waals surface area (Å²) in [5, 5.41) is 27.5. The van der Waals surface area contributed by atoms with Gasteiger partial charge in [0, 0.05) is 38.2 Å². The van der Waals surface area contributed by atoms with Crippen LogP contribution >= 0.6 is 0 Å². The molecule has 33 heavy (non-hydrogen) atoms. The van der Waals surface area contributed by atoms with Gasteiger partial charge in [-0.3, -0.25) is 14.4 Å². The Kier molecular flexibility index (Phi) is 13.1. The van der Waals surface area contributed by atoms with Gasteiger partial charge in [-0.25, -0.2) is 0 Å². The van der Waals surface area contributed by atoms with E-state index in [4.69, 9.17) is 4.74 Å². The number of rotatable bonds is 17. The van der Waals surface area contributed by atoms with Crippen LogP contribution in [0.15, 0.2) is 18.2 Å². The first kappa shape index (κ1) is 27.8. The number of amides is 2. The molecular weight excluding hydrogens is 436 g/mol. The summed E-state index contributed by atoms with van der Waals surface area (Å²) in [6.45, 7) is 4.02. The lowest BCUT2D eigenvalue weighted by molar-refractivity contribution is -0.757. The fourth-order valence-electron chi connectivity index (χ4n) is 2.72. The highest BCUT2D eigenvalue weighted by Crippen LogP contribution is 2.24. The maximum absolute atomic E-state index is 11.9. The standard InChI is InChI=1S/C21H32N4O8/c1-3-5-21(29)24-16-7-8-19(18(12-16)15(2)26)32-14-17(27)13-22-9-10-23-20(28)6-4-11-33-25(30)31/h7-8,12,17,22,27H,3-6,9-11,13-14H2,1-2H3,(H,23,28)(H,24,29). The summed E-state index contributed by atoms with van der Waals surface area (Å²) in [4.78, 5) is 49.4. The molecular formula is C21H32N4O8. The van der Waals surface area contributed by atoms with E-state index in [2.05, 4.69) is 20.8 Å². The highest BCUT2D eigenvalue weighted by atomic mass is 16.9. The number of hydrogen-bond donors (Lipinski definition) is 4. The van der Waals surface area contributed by atoms with Gasteiger partial charge in [0.2, 0.25) is 11.8 Å². The van der Waals surface area contributed by atoms with Gasteiger partial charge >= 0.3 is 0 Å². The highest BCUT2D eigenvalue weighted by molar-refractivity contribution is 5.99. The predicted molar refractivity (Wildman–Crippen MR) is 120 cm³/mol. The van der Waals surface area contributed by atoms with Gasteiger partial charge in [0.05, 0.1) is 12.2 Å². The molecule has 1 aromatic carbocycles. The molecule has 0 spiro atoms. The first-order chi connectivity index (χ1) is 15.7. The minimum atomic E-state index is -0.902. The topological polar surface area (TPSA) is 169 Å². The van der Waals surface area contributed by atoms with Crippen LogP contribution in [0.3, 0.4) is 0 Å². The number of benzene rings is 1. The van der Waals surface area contributed by atoms with E-state index in [1.165, 1.54) is 6.92 Å².